The van der Waals surface area contributed by atoms with Gasteiger partial charge >= 0.3 is 0 Å². The number of amides is 1. The molecular weight excluding hydrogens is 376 g/mol. The Hall–Kier alpha value is -1.92. The number of pyridine rings is 1. The van der Waals surface area contributed by atoms with Gasteiger partial charge in [-0.05, 0) is 62.9 Å². The van der Waals surface area contributed by atoms with Gasteiger partial charge in [0.05, 0.1) is 0 Å². The van der Waals surface area contributed by atoms with Gasteiger partial charge in [0.25, 0.3) is 5.56 Å². The number of carbonyl (C=O) groups is 1. The number of likely N-dealkylation sites (N-methyl/N-ethyl adjacent to an activating group) is 1. The molecule has 5 aliphatic rings. The van der Waals surface area contributed by atoms with Crippen LogP contribution in [0.3, 0.4) is 0 Å². The molecule has 0 aromatic carbocycles. The zero-order valence-electron chi connectivity index (χ0n) is 18.1. The van der Waals surface area contributed by atoms with E-state index < -0.39 is 0 Å². The number of hydrogen-bond acceptors (Lipinski definition) is 4. The molecule has 3 saturated heterocycles. The highest BCUT2D eigenvalue weighted by Crippen LogP contribution is 2.43. The molecule has 3 fully saturated rings. The number of aromatic nitrogens is 1. The molecule has 0 saturated carbocycles. The summed E-state index contributed by atoms with van der Waals surface area (Å²) in [5.41, 5.74) is 4.56. The maximum atomic E-state index is 13.7. The largest absolute Gasteiger partial charge is 0.315 e. The van der Waals surface area contributed by atoms with Gasteiger partial charge in [0.15, 0.2) is 0 Å². The van der Waals surface area contributed by atoms with Crippen LogP contribution in [0, 0.1) is 17.8 Å². The van der Waals surface area contributed by atoms with Gasteiger partial charge in [-0.3, -0.25) is 9.59 Å². The predicted molar refractivity (Wildman–Crippen MR) is 116 cm³/mol. The number of hydrogen-bond donors (Lipinski definition) is 0. The van der Waals surface area contributed by atoms with Crippen LogP contribution in [0.5, 0.6) is 0 Å². The topological polar surface area (TPSA) is 48.8 Å². The van der Waals surface area contributed by atoms with Crippen LogP contribution >= 0.6 is 0 Å². The monoisotopic (exact) mass is 408 g/mol. The predicted octanol–water partition coefficient (Wildman–Crippen LogP) is 1.81. The summed E-state index contributed by atoms with van der Waals surface area (Å²) >= 11 is 0. The summed E-state index contributed by atoms with van der Waals surface area (Å²) in [6.07, 6.45) is 3.59. The summed E-state index contributed by atoms with van der Waals surface area (Å²) in [6, 6.07) is 4.29. The van der Waals surface area contributed by atoms with Crippen molar-refractivity contribution >= 4 is 11.5 Å². The standard InChI is InChI=1S/C24H32N4O2/c1-25-9-15-7-17(13-25)21-5-3-20(24(30)27(21)11-15)19-4-6-22(29)28-12-16-8-18(23(19)28)14-26(2)10-16/h3,5,15-18H,4,6-14H2,1-2H3. The second-order valence-corrected chi connectivity index (χ2v) is 10.5. The van der Waals surface area contributed by atoms with Crippen LogP contribution in [-0.2, 0) is 11.3 Å². The summed E-state index contributed by atoms with van der Waals surface area (Å²) in [4.78, 5) is 33.4. The quantitative estimate of drug-likeness (QED) is 0.711. The number of rotatable bonds is 1. The molecule has 6 nitrogen and oxygen atoms in total. The van der Waals surface area contributed by atoms with Crippen molar-refractivity contribution in [3.8, 4) is 0 Å². The first-order valence-electron chi connectivity index (χ1n) is 11.6. The van der Waals surface area contributed by atoms with Crippen molar-refractivity contribution in [1.29, 1.82) is 0 Å². The van der Waals surface area contributed by atoms with Crippen LogP contribution in [0.25, 0.3) is 5.57 Å². The van der Waals surface area contributed by atoms with Crippen molar-refractivity contribution < 1.29 is 4.79 Å². The van der Waals surface area contributed by atoms with Gasteiger partial charge in [-0.15, -0.1) is 0 Å². The number of fused-ring (bicyclic) bond motifs is 8. The van der Waals surface area contributed by atoms with Crippen LogP contribution in [0.4, 0.5) is 0 Å². The zero-order chi connectivity index (χ0) is 20.6. The fraction of sp³-hybridized carbons (Fsp3) is 0.667. The molecule has 6 heteroatoms. The van der Waals surface area contributed by atoms with Crippen molar-refractivity contribution in [3.63, 3.8) is 0 Å². The lowest BCUT2D eigenvalue weighted by Gasteiger charge is -2.49. The number of piperidine rings is 3. The highest BCUT2D eigenvalue weighted by Gasteiger charge is 2.42. The Bertz CT molecular complexity index is 993. The van der Waals surface area contributed by atoms with E-state index >= 15 is 0 Å². The fourth-order valence-corrected chi connectivity index (χ4v) is 7.18. The maximum absolute atomic E-state index is 13.7. The molecular formula is C24H32N4O2. The highest BCUT2D eigenvalue weighted by atomic mass is 16.2. The van der Waals surface area contributed by atoms with Gasteiger partial charge in [0.1, 0.15) is 0 Å². The molecule has 6 heterocycles. The lowest BCUT2D eigenvalue weighted by atomic mass is 9.77. The molecule has 30 heavy (non-hydrogen) atoms. The van der Waals surface area contributed by atoms with Crippen LogP contribution in [0.15, 0.2) is 22.6 Å². The highest BCUT2D eigenvalue weighted by molar-refractivity contribution is 5.87. The van der Waals surface area contributed by atoms with Gasteiger partial charge in [0.2, 0.25) is 5.91 Å². The summed E-state index contributed by atoms with van der Waals surface area (Å²) in [5.74, 6) is 2.22. The molecule has 0 radical (unpaired) electrons. The molecule has 0 aliphatic carbocycles. The van der Waals surface area contributed by atoms with Crippen molar-refractivity contribution in [3.05, 3.63) is 39.4 Å². The van der Waals surface area contributed by atoms with Crippen LogP contribution in [0.1, 0.15) is 42.9 Å². The lowest BCUT2D eigenvalue weighted by Crippen LogP contribution is -2.53. The minimum Gasteiger partial charge on any atom is -0.315 e. The molecule has 4 bridgehead atoms. The van der Waals surface area contributed by atoms with E-state index in [-0.39, 0.29) is 11.5 Å². The SMILES string of the molecule is CN1CC2CC(C1)C1=C(c3ccc4n(c3=O)CC3CC4CN(C)C3)CCC(=O)N1C2. The third-order valence-corrected chi connectivity index (χ3v) is 8.15. The molecule has 4 unspecified atom stereocenters. The van der Waals surface area contributed by atoms with Crippen molar-refractivity contribution in [1.82, 2.24) is 19.3 Å². The Morgan fingerprint density at radius 1 is 0.800 bits per heavy atom. The van der Waals surface area contributed by atoms with E-state index in [4.69, 9.17) is 0 Å². The molecule has 0 spiro atoms. The fourth-order valence-electron chi connectivity index (χ4n) is 7.18. The molecule has 0 N–H and O–H groups in total. The minimum absolute atomic E-state index is 0.176. The van der Waals surface area contributed by atoms with Crippen LogP contribution < -0.4 is 5.56 Å². The first-order chi connectivity index (χ1) is 14.5. The van der Waals surface area contributed by atoms with E-state index in [1.165, 1.54) is 17.8 Å². The second-order valence-electron chi connectivity index (χ2n) is 10.5. The maximum Gasteiger partial charge on any atom is 0.258 e. The molecule has 1 aromatic rings. The summed E-state index contributed by atoms with van der Waals surface area (Å²) < 4.78 is 2.08. The van der Waals surface area contributed by atoms with Gasteiger partial charge < -0.3 is 19.3 Å². The van der Waals surface area contributed by atoms with Gasteiger partial charge in [-0.25, -0.2) is 0 Å². The average Bonchev–Trinajstić information content (AvgIpc) is 2.69. The molecule has 5 aliphatic heterocycles. The summed E-state index contributed by atoms with van der Waals surface area (Å²) in [5, 5.41) is 0. The van der Waals surface area contributed by atoms with E-state index in [9.17, 15) is 9.59 Å². The van der Waals surface area contributed by atoms with Crippen LogP contribution in [0.2, 0.25) is 0 Å². The van der Waals surface area contributed by atoms with E-state index in [0.717, 1.165) is 56.8 Å². The number of allylic oxidation sites excluding steroid dienone is 1. The number of nitrogens with zero attached hydrogens (tertiary/aromatic N) is 4. The Labute approximate surface area is 178 Å². The molecule has 160 valence electrons. The molecule has 4 atom stereocenters. The Morgan fingerprint density at radius 2 is 1.50 bits per heavy atom. The second kappa shape index (κ2) is 6.79. The third-order valence-electron chi connectivity index (χ3n) is 8.15. The number of likely N-dealkylation sites (tertiary alicyclic amines) is 2. The summed E-state index contributed by atoms with van der Waals surface area (Å²) in [7, 11) is 4.38. The van der Waals surface area contributed by atoms with E-state index in [2.05, 4.69) is 45.5 Å². The molecule has 1 aromatic heterocycles. The summed E-state index contributed by atoms with van der Waals surface area (Å²) in [6.45, 7) is 5.84. The zero-order valence-corrected chi connectivity index (χ0v) is 18.1. The smallest absolute Gasteiger partial charge is 0.258 e. The molecule has 6 rings (SSSR count). The third kappa shape index (κ3) is 2.83. The van der Waals surface area contributed by atoms with Crippen molar-refractivity contribution in [2.24, 2.45) is 17.8 Å². The first kappa shape index (κ1) is 18.8. The van der Waals surface area contributed by atoms with Gasteiger partial charge in [-0.1, -0.05) is 0 Å². The van der Waals surface area contributed by atoms with E-state index in [1.807, 2.05) is 0 Å². The van der Waals surface area contributed by atoms with E-state index in [1.54, 1.807) is 0 Å². The molecule has 1 amide bonds. The van der Waals surface area contributed by atoms with Gasteiger partial charge in [0, 0.05) is 74.5 Å². The van der Waals surface area contributed by atoms with Crippen molar-refractivity contribution in [2.45, 2.75) is 38.1 Å². The van der Waals surface area contributed by atoms with Crippen molar-refractivity contribution in [2.75, 3.05) is 46.8 Å². The minimum atomic E-state index is 0.176. The van der Waals surface area contributed by atoms with E-state index in [0.29, 0.717) is 36.5 Å². The average molecular weight is 409 g/mol. The Kier molecular flexibility index (Phi) is 4.26. The first-order valence-corrected chi connectivity index (χ1v) is 11.6. The van der Waals surface area contributed by atoms with Gasteiger partial charge in [-0.2, -0.15) is 0 Å². The lowest BCUT2D eigenvalue weighted by molar-refractivity contribution is -0.132. The van der Waals surface area contributed by atoms with Crippen LogP contribution in [-0.4, -0.2) is 72.0 Å². The number of carbonyl (C=O) groups excluding carboxylic acids is 1. The Balaban J connectivity index is 1.46. The Morgan fingerprint density at radius 3 is 2.30 bits per heavy atom. The normalized spacial score (nSPS) is 34.1.